The van der Waals surface area contributed by atoms with Crippen LogP contribution in [-0.2, 0) is 4.74 Å². The lowest BCUT2D eigenvalue weighted by molar-refractivity contribution is 0.0497. The van der Waals surface area contributed by atoms with Crippen molar-refractivity contribution in [3.8, 4) is 6.07 Å². The lowest BCUT2D eigenvalue weighted by atomic mass is 10.2. The van der Waals surface area contributed by atoms with Gasteiger partial charge in [0.1, 0.15) is 5.82 Å². The van der Waals surface area contributed by atoms with Gasteiger partial charge in [0.2, 0.25) is 0 Å². The normalized spacial score (nSPS) is 16.8. The Hall–Kier alpha value is -1.64. The van der Waals surface area contributed by atoms with E-state index < -0.39 is 5.82 Å². The topological polar surface area (TPSA) is 48.3 Å². The zero-order valence-corrected chi connectivity index (χ0v) is 8.74. The Morgan fingerprint density at radius 1 is 1.31 bits per heavy atom. The largest absolute Gasteiger partial charge is 0.379 e. The maximum Gasteiger partial charge on any atom is 0.126 e. The van der Waals surface area contributed by atoms with Crippen LogP contribution < -0.4 is 5.43 Å². The zero-order valence-electron chi connectivity index (χ0n) is 8.74. The molecule has 1 aromatic carbocycles. The second-order valence-electron chi connectivity index (χ2n) is 3.55. The van der Waals surface area contributed by atoms with E-state index in [2.05, 4.69) is 5.43 Å². The van der Waals surface area contributed by atoms with E-state index >= 15 is 0 Å². The Morgan fingerprint density at radius 3 is 2.75 bits per heavy atom. The first-order valence-electron chi connectivity index (χ1n) is 5.08. The molecule has 16 heavy (non-hydrogen) atoms. The van der Waals surface area contributed by atoms with Crippen LogP contribution in [0.2, 0.25) is 0 Å². The number of hydrazine groups is 1. The third kappa shape index (κ3) is 2.69. The number of anilines is 1. The average molecular weight is 221 g/mol. The van der Waals surface area contributed by atoms with Crippen LogP contribution in [0.1, 0.15) is 5.56 Å². The number of nitrogens with zero attached hydrogens (tertiary/aromatic N) is 2. The molecule has 1 aliphatic heterocycles. The highest BCUT2D eigenvalue weighted by molar-refractivity contribution is 5.49. The number of ether oxygens (including phenoxy) is 1. The summed E-state index contributed by atoms with van der Waals surface area (Å²) in [6.07, 6.45) is 0. The highest BCUT2D eigenvalue weighted by atomic mass is 19.1. The second kappa shape index (κ2) is 4.92. The van der Waals surface area contributed by atoms with Gasteiger partial charge in [-0.1, -0.05) is 0 Å². The molecule has 0 atom stereocenters. The number of hydrogen-bond donors (Lipinski definition) is 1. The molecular weight excluding hydrogens is 209 g/mol. The van der Waals surface area contributed by atoms with E-state index in [0.29, 0.717) is 24.5 Å². The molecule has 0 unspecified atom stereocenters. The molecule has 1 saturated heterocycles. The first-order valence-corrected chi connectivity index (χ1v) is 5.08. The molecule has 2 rings (SSSR count). The minimum Gasteiger partial charge on any atom is -0.379 e. The van der Waals surface area contributed by atoms with Crippen molar-refractivity contribution in [3.63, 3.8) is 0 Å². The molecule has 0 saturated carbocycles. The van der Waals surface area contributed by atoms with Crippen molar-refractivity contribution < 1.29 is 9.13 Å². The Bertz CT molecular complexity index is 410. The summed E-state index contributed by atoms with van der Waals surface area (Å²) in [7, 11) is 0. The van der Waals surface area contributed by atoms with E-state index in [1.165, 1.54) is 12.1 Å². The van der Waals surface area contributed by atoms with Crippen molar-refractivity contribution in [2.24, 2.45) is 0 Å². The van der Waals surface area contributed by atoms with Crippen LogP contribution in [0.5, 0.6) is 0 Å². The molecule has 4 nitrogen and oxygen atoms in total. The number of benzene rings is 1. The Labute approximate surface area is 93.2 Å². The molecule has 5 heteroatoms. The molecule has 0 amide bonds. The van der Waals surface area contributed by atoms with Crippen molar-refractivity contribution in [2.75, 3.05) is 31.7 Å². The summed E-state index contributed by atoms with van der Waals surface area (Å²) >= 11 is 0. The fourth-order valence-corrected chi connectivity index (χ4v) is 1.58. The third-order valence-electron chi connectivity index (χ3n) is 2.33. The van der Waals surface area contributed by atoms with Crippen molar-refractivity contribution in [3.05, 3.63) is 29.6 Å². The monoisotopic (exact) mass is 221 g/mol. The lowest BCUT2D eigenvalue weighted by Gasteiger charge is -2.27. The highest BCUT2D eigenvalue weighted by Crippen LogP contribution is 2.14. The maximum absolute atomic E-state index is 13.1. The molecule has 0 aromatic heterocycles. The second-order valence-corrected chi connectivity index (χ2v) is 3.55. The molecule has 0 aliphatic carbocycles. The standard InChI is InChI=1S/C11H12FN3O/c12-10-5-9(8-13)6-11(7-10)14-15-1-3-16-4-2-15/h5-7,14H,1-4H2. The van der Waals surface area contributed by atoms with Gasteiger partial charge >= 0.3 is 0 Å². The van der Waals surface area contributed by atoms with Crippen LogP contribution >= 0.6 is 0 Å². The lowest BCUT2D eigenvalue weighted by Crippen LogP contribution is -2.40. The average Bonchev–Trinajstić information content (AvgIpc) is 2.29. The van der Waals surface area contributed by atoms with Crippen molar-refractivity contribution >= 4 is 5.69 Å². The van der Waals surface area contributed by atoms with Gasteiger partial charge in [-0.05, 0) is 18.2 Å². The summed E-state index contributed by atoms with van der Waals surface area (Å²) in [5.74, 6) is -0.408. The Kier molecular flexibility index (Phi) is 3.34. The van der Waals surface area contributed by atoms with Crippen LogP contribution in [-0.4, -0.2) is 31.3 Å². The Morgan fingerprint density at radius 2 is 2.06 bits per heavy atom. The smallest absolute Gasteiger partial charge is 0.126 e. The molecule has 1 fully saturated rings. The maximum atomic E-state index is 13.1. The number of hydrogen-bond acceptors (Lipinski definition) is 4. The number of halogens is 1. The molecule has 1 aliphatic rings. The number of nitrogens with one attached hydrogen (secondary N) is 1. The third-order valence-corrected chi connectivity index (χ3v) is 2.33. The van der Waals surface area contributed by atoms with Gasteiger partial charge in [0.15, 0.2) is 0 Å². The van der Waals surface area contributed by atoms with Crippen molar-refractivity contribution in [1.29, 1.82) is 5.26 Å². The van der Waals surface area contributed by atoms with E-state index in [1.807, 2.05) is 11.1 Å². The molecule has 84 valence electrons. The summed E-state index contributed by atoms with van der Waals surface area (Å²) in [6.45, 7) is 2.82. The molecule has 0 bridgehead atoms. The van der Waals surface area contributed by atoms with Gasteiger partial charge in [0.25, 0.3) is 0 Å². The quantitative estimate of drug-likeness (QED) is 0.819. The summed E-state index contributed by atoms with van der Waals surface area (Å²) in [4.78, 5) is 0. The van der Waals surface area contributed by atoms with Gasteiger partial charge in [-0.15, -0.1) is 0 Å². The molecular formula is C11H12FN3O. The summed E-state index contributed by atoms with van der Waals surface area (Å²) in [5, 5.41) is 10.7. The summed E-state index contributed by atoms with van der Waals surface area (Å²) in [6, 6.07) is 6.13. The molecule has 1 heterocycles. The Balaban J connectivity index is 2.08. The van der Waals surface area contributed by atoms with E-state index in [1.54, 1.807) is 6.07 Å². The highest BCUT2D eigenvalue weighted by Gasteiger charge is 2.10. The molecule has 0 radical (unpaired) electrons. The predicted molar refractivity (Wildman–Crippen MR) is 57.1 cm³/mol. The van der Waals surface area contributed by atoms with E-state index in [4.69, 9.17) is 10.00 Å². The SMILES string of the molecule is N#Cc1cc(F)cc(NN2CCOCC2)c1. The van der Waals surface area contributed by atoms with Crippen molar-refractivity contribution in [2.45, 2.75) is 0 Å². The van der Waals surface area contributed by atoms with E-state index in [0.717, 1.165) is 13.1 Å². The van der Waals surface area contributed by atoms with Gasteiger partial charge in [0, 0.05) is 13.1 Å². The van der Waals surface area contributed by atoms with Gasteiger partial charge < -0.3 is 10.2 Å². The minimum atomic E-state index is -0.408. The molecule has 0 spiro atoms. The van der Waals surface area contributed by atoms with Gasteiger partial charge in [-0.3, -0.25) is 0 Å². The van der Waals surface area contributed by atoms with Gasteiger partial charge in [-0.25, -0.2) is 9.40 Å². The summed E-state index contributed by atoms with van der Waals surface area (Å²) in [5.41, 5.74) is 3.97. The fraction of sp³-hybridized carbons (Fsp3) is 0.364. The zero-order chi connectivity index (χ0) is 11.4. The number of nitriles is 1. The van der Waals surface area contributed by atoms with Gasteiger partial charge in [0.05, 0.1) is 30.5 Å². The van der Waals surface area contributed by atoms with Crippen LogP contribution in [0.15, 0.2) is 18.2 Å². The predicted octanol–water partition coefficient (Wildman–Crippen LogP) is 1.36. The fourth-order valence-electron chi connectivity index (χ4n) is 1.58. The van der Waals surface area contributed by atoms with E-state index in [9.17, 15) is 4.39 Å². The first kappa shape index (κ1) is 10.9. The van der Waals surface area contributed by atoms with Crippen LogP contribution in [0, 0.1) is 17.1 Å². The minimum absolute atomic E-state index is 0.316. The van der Waals surface area contributed by atoms with Crippen LogP contribution in [0.3, 0.4) is 0 Å². The molecule has 1 aromatic rings. The number of rotatable bonds is 2. The van der Waals surface area contributed by atoms with Gasteiger partial charge in [-0.2, -0.15) is 5.26 Å². The first-order chi connectivity index (χ1) is 7.78. The van der Waals surface area contributed by atoms with Crippen molar-refractivity contribution in [1.82, 2.24) is 5.01 Å². The number of morpholine rings is 1. The van der Waals surface area contributed by atoms with Crippen LogP contribution in [0.4, 0.5) is 10.1 Å². The van der Waals surface area contributed by atoms with E-state index in [-0.39, 0.29) is 0 Å². The van der Waals surface area contributed by atoms with Crippen LogP contribution in [0.25, 0.3) is 0 Å². The summed E-state index contributed by atoms with van der Waals surface area (Å²) < 4.78 is 18.3. The molecule has 1 N–H and O–H groups in total.